The average molecular weight is 441 g/mol. The molecule has 4 aromatic rings. The number of nitrogens with zero attached hydrogens (tertiary/aromatic N) is 3. The van der Waals surface area contributed by atoms with E-state index in [2.05, 4.69) is 15.7 Å². The van der Waals surface area contributed by atoms with Crippen molar-refractivity contribution in [2.75, 3.05) is 10.6 Å². The van der Waals surface area contributed by atoms with Crippen molar-refractivity contribution >= 4 is 28.9 Å². The number of hydrogen-bond donors (Lipinski definition) is 2. The molecule has 0 bridgehead atoms. The Labute approximate surface area is 188 Å². The second-order valence-electron chi connectivity index (χ2n) is 7.24. The van der Waals surface area contributed by atoms with Gasteiger partial charge in [-0.05, 0) is 55.0 Å². The molecule has 9 heteroatoms. The molecule has 0 saturated carbocycles. The van der Waals surface area contributed by atoms with Crippen LogP contribution in [0.1, 0.15) is 26.4 Å². The summed E-state index contributed by atoms with van der Waals surface area (Å²) in [6, 6.07) is 21.4. The fourth-order valence-corrected chi connectivity index (χ4v) is 3.21. The van der Waals surface area contributed by atoms with Crippen molar-refractivity contribution in [1.82, 2.24) is 9.78 Å². The molecule has 0 unspecified atom stereocenters. The molecular weight excluding hydrogens is 422 g/mol. The highest BCUT2D eigenvalue weighted by atomic mass is 16.6. The lowest BCUT2D eigenvalue weighted by Gasteiger charge is -2.11. The van der Waals surface area contributed by atoms with Crippen LogP contribution in [-0.2, 0) is 0 Å². The zero-order valence-electron chi connectivity index (χ0n) is 17.6. The molecule has 2 amide bonds. The van der Waals surface area contributed by atoms with Crippen molar-refractivity contribution in [2.45, 2.75) is 6.92 Å². The van der Waals surface area contributed by atoms with Gasteiger partial charge in [0.05, 0.1) is 21.9 Å². The molecule has 0 spiro atoms. The van der Waals surface area contributed by atoms with Gasteiger partial charge >= 0.3 is 0 Å². The van der Waals surface area contributed by atoms with Gasteiger partial charge in [0.1, 0.15) is 0 Å². The molecule has 33 heavy (non-hydrogen) atoms. The van der Waals surface area contributed by atoms with Crippen LogP contribution >= 0.6 is 0 Å². The van der Waals surface area contributed by atoms with Gasteiger partial charge in [-0.3, -0.25) is 19.7 Å². The number of nitrogens with one attached hydrogen (secondary N) is 2. The number of aromatic nitrogens is 2. The van der Waals surface area contributed by atoms with Crippen molar-refractivity contribution < 1.29 is 14.5 Å². The fourth-order valence-electron chi connectivity index (χ4n) is 3.21. The Bertz CT molecular complexity index is 1340. The third-order valence-corrected chi connectivity index (χ3v) is 4.84. The number of rotatable bonds is 6. The minimum absolute atomic E-state index is 0.0376. The van der Waals surface area contributed by atoms with Gasteiger partial charge in [-0.2, -0.15) is 5.10 Å². The van der Waals surface area contributed by atoms with Gasteiger partial charge in [0.15, 0.2) is 5.69 Å². The number of para-hydroxylation sites is 1. The molecule has 0 radical (unpaired) electrons. The summed E-state index contributed by atoms with van der Waals surface area (Å²) in [5.74, 6) is -0.848. The van der Waals surface area contributed by atoms with Crippen LogP contribution in [0, 0.1) is 17.0 Å². The van der Waals surface area contributed by atoms with Crippen LogP contribution in [0.3, 0.4) is 0 Å². The van der Waals surface area contributed by atoms with E-state index in [4.69, 9.17) is 0 Å². The van der Waals surface area contributed by atoms with Crippen LogP contribution < -0.4 is 10.6 Å². The van der Waals surface area contributed by atoms with E-state index in [0.717, 1.165) is 5.56 Å². The highest BCUT2D eigenvalue weighted by molar-refractivity contribution is 6.12. The highest BCUT2D eigenvalue weighted by Gasteiger charge is 2.16. The van der Waals surface area contributed by atoms with E-state index in [1.807, 2.05) is 25.1 Å². The topological polar surface area (TPSA) is 119 Å². The van der Waals surface area contributed by atoms with Crippen molar-refractivity contribution in [3.05, 3.63) is 112 Å². The lowest BCUT2D eigenvalue weighted by molar-refractivity contribution is -0.384. The van der Waals surface area contributed by atoms with Crippen molar-refractivity contribution in [2.24, 2.45) is 0 Å². The molecule has 1 aromatic heterocycles. The first-order valence-corrected chi connectivity index (χ1v) is 9.99. The zero-order valence-corrected chi connectivity index (χ0v) is 17.6. The highest BCUT2D eigenvalue weighted by Crippen LogP contribution is 2.20. The Morgan fingerprint density at radius 2 is 1.67 bits per heavy atom. The van der Waals surface area contributed by atoms with Crippen LogP contribution in [0.5, 0.6) is 0 Å². The van der Waals surface area contributed by atoms with Crippen molar-refractivity contribution in [3.63, 3.8) is 0 Å². The molecule has 2 N–H and O–H groups in total. The Morgan fingerprint density at radius 3 is 2.39 bits per heavy atom. The summed E-state index contributed by atoms with van der Waals surface area (Å²) in [4.78, 5) is 35.9. The number of hydrogen-bond acceptors (Lipinski definition) is 5. The normalized spacial score (nSPS) is 10.5. The number of carbonyl (C=O) groups excluding carboxylic acids is 2. The molecule has 0 aliphatic heterocycles. The number of nitro groups is 1. The Kier molecular flexibility index (Phi) is 5.94. The molecule has 0 saturated heterocycles. The monoisotopic (exact) mass is 441 g/mol. The fraction of sp³-hybridized carbons (Fsp3) is 0.0417. The van der Waals surface area contributed by atoms with Gasteiger partial charge in [-0.25, -0.2) is 4.68 Å². The summed E-state index contributed by atoms with van der Waals surface area (Å²) in [5.41, 5.74) is 2.98. The average Bonchev–Trinajstić information content (AvgIpc) is 3.30. The van der Waals surface area contributed by atoms with Crippen LogP contribution in [0.25, 0.3) is 5.69 Å². The standard InChI is InChI=1S/C24H19N5O4/c1-16-5-4-6-17(15-16)25-23(30)20-7-2-3-8-21(20)26-24(31)22-13-14-28(27-22)18-9-11-19(12-10-18)29(32)33/h2-15H,1H3,(H,25,30)(H,26,31). The molecule has 1 heterocycles. The van der Waals surface area contributed by atoms with Crippen molar-refractivity contribution in [1.29, 1.82) is 0 Å². The minimum atomic E-state index is -0.494. The van der Waals surface area contributed by atoms with E-state index in [-0.39, 0.29) is 17.3 Å². The second kappa shape index (κ2) is 9.15. The lowest BCUT2D eigenvalue weighted by Crippen LogP contribution is -2.18. The van der Waals surface area contributed by atoms with Gasteiger partial charge in [-0.15, -0.1) is 0 Å². The summed E-state index contributed by atoms with van der Waals surface area (Å²) in [5, 5.41) is 20.6. The number of amides is 2. The number of nitro benzene ring substituents is 1. The van der Waals surface area contributed by atoms with Crippen LogP contribution in [0.2, 0.25) is 0 Å². The maximum atomic E-state index is 12.8. The predicted molar refractivity (Wildman–Crippen MR) is 124 cm³/mol. The number of non-ortho nitro benzene ring substituents is 1. The molecule has 164 valence electrons. The van der Waals surface area contributed by atoms with E-state index in [0.29, 0.717) is 22.6 Å². The summed E-state index contributed by atoms with van der Waals surface area (Å²) in [6.45, 7) is 1.93. The first kappa shape index (κ1) is 21.4. The summed E-state index contributed by atoms with van der Waals surface area (Å²) >= 11 is 0. The first-order chi connectivity index (χ1) is 15.9. The molecule has 0 atom stereocenters. The SMILES string of the molecule is Cc1cccc(NC(=O)c2ccccc2NC(=O)c2ccn(-c3ccc([N+](=O)[O-])cc3)n2)c1. The van der Waals surface area contributed by atoms with Crippen molar-refractivity contribution in [3.8, 4) is 5.69 Å². The van der Waals surface area contributed by atoms with E-state index < -0.39 is 10.8 Å². The maximum Gasteiger partial charge on any atom is 0.276 e. The van der Waals surface area contributed by atoms with E-state index in [1.165, 1.54) is 35.0 Å². The molecule has 0 aliphatic carbocycles. The Hall–Kier alpha value is -4.79. The zero-order chi connectivity index (χ0) is 23.4. The number of anilines is 2. The van der Waals surface area contributed by atoms with E-state index in [1.54, 1.807) is 36.5 Å². The minimum Gasteiger partial charge on any atom is -0.322 e. The number of benzene rings is 3. The third kappa shape index (κ3) is 4.93. The smallest absolute Gasteiger partial charge is 0.276 e. The summed E-state index contributed by atoms with van der Waals surface area (Å²) in [7, 11) is 0. The van der Waals surface area contributed by atoms with Gasteiger partial charge in [0, 0.05) is 24.0 Å². The molecule has 3 aromatic carbocycles. The van der Waals surface area contributed by atoms with Crippen LogP contribution in [0.4, 0.5) is 17.1 Å². The van der Waals surface area contributed by atoms with Gasteiger partial charge in [0.2, 0.25) is 0 Å². The number of aryl methyl sites for hydroxylation is 1. The van der Waals surface area contributed by atoms with E-state index >= 15 is 0 Å². The molecular formula is C24H19N5O4. The maximum absolute atomic E-state index is 12.8. The van der Waals surface area contributed by atoms with Crippen LogP contribution in [-0.4, -0.2) is 26.5 Å². The number of carbonyl (C=O) groups is 2. The molecule has 0 aliphatic rings. The second-order valence-corrected chi connectivity index (χ2v) is 7.24. The Morgan fingerprint density at radius 1 is 0.909 bits per heavy atom. The van der Waals surface area contributed by atoms with Crippen LogP contribution in [0.15, 0.2) is 85.1 Å². The predicted octanol–water partition coefficient (Wildman–Crippen LogP) is 4.59. The summed E-state index contributed by atoms with van der Waals surface area (Å²) < 4.78 is 1.44. The summed E-state index contributed by atoms with van der Waals surface area (Å²) in [6.07, 6.45) is 1.58. The molecule has 0 fully saturated rings. The van der Waals surface area contributed by atoms with Gasteiger partial charge in [0.25, 0.3) is 17.5 Å². The first-order valence-electron chi connectivity index (χ1n) is 9.99. The molecule has 9 nitrogen and oxygen atoms in total. The molecule has 4 rings (SSSR count). The lowest BCUT2D eigenvalue weighted by atomic mass is 10.1. The third-order valence-electron chi connectivity index (χ3n) is 4.84. The van der Waals surface area contributed by atoms with E-state index in [9.17, 15) is 19.7 Å². The largest absolute Gasteiger partial charge is 0.322 e. The van der Waals surface area contributed by atoms with Gasteiger partial charge < -0.3 is 10.6 Å². The quantitative estimate of drug-likeness (QED) is 0.335. The van der Waals surface area contributed by atoms with Gasteiger partial charge in [-0.1, -0.05) is 24.3 Å². The Balaban J connectivity index is 1.50.